The van der Waals surface area contributed by atoms with Crippen LogP contribution in [0, 0.1) is 0 Å². The van der Waals surface area contributed by atoms with Gasteiger partial charge in [0, 0.05) is 19.6 Å². The summed E-state index contributed by atoms with van der Waals surface area (Å²) in [5, 5.41) is 0. The number of ether oxygens (including phenoxy) is 2. The van der Waals surface area contributed by atoms with Crippen molar-refractivity contribution in [3.63, 3.8) is 0 Å². The molecule has 5 rings (SSSR count). The molecule has 0 saturated carbocycles. The number of hydrogen-bond acceptors (Lipinski definition) is 6. The van der Waals surface area contributed by atoms with E-state index in [0.29, 0.717) is 42.3 Å². The van der Waals surface area contributed by atoms with Crippen LogP contribution in [0.4, 0.5) is 0 Å². The van der Waals surface area contributed by atoms with Crippen molar-refractivity contribution < 1.29 is 14.3 Å². The number of aryl methyl sites for hydroxylation is 1. The van der Waals surface area contributed by atoms with E-state index in [0.717, 1.165) is 15.7 Å². The Kier molecular flexibility index (Phi) is 6.32. The zero-order valence-corrected chi connectivity index (χ0v) is 20.2. The minimum absolute atomic E-state index is 0.171. The Labute approximate surface area is 206 Å². The van der Waals surface area contributed by atoms with Crippen molar-refractivity contribution in [2.45, 2.75) is 40.0 Å². The van der Waals surface area contributed by atoms with E-state index in [1.807, 2.05) is 62.4 Å². The molecule has 2 aromatic heterocycles. The number of fused-ring (bicyclic) bond motifs is 2. The molecule has 0 fully saturated rings. The summed E-state index contributed by atoms with van der Waals surface area (Å²) in [6, 6.07) is 15.0. The number of aromatic nitrogens is 4. The quantitative estimate of drug-likeness (QED) is 0.376. The lowest BCUT2D eigenvalue weighted by Crippen LogP contribution is -2.45. The molecule has 3 heterocycles. The van der Waals surface area contributed by atoms with Gasteiger partial charge in [0.25, 0.3) is 5.56 Å². The third kappa shape index (κ3) is 4.26. The highest BCUT2D eigenvalue weighted by Gasteiger charge is 2.22. The highest BCUT2D eigenvalue weighted by atomic mass is 16.7. The van der Waals surface area contributed by atoms with Crippen molar-refractivity contribution in [3.8, 4) is 11.5 Å². The maximum atomic E-state index is 13.5. The minimum atomic E-state index is -0.565. The summed E-state index contributed by atoms with van der Waals surface area (Å²) in [5.41, 5.74) is 1.28. The van der Waals surface area contributed by atoms with Crippen LogP contribution in [0.3, 0.4) is 0 Å². The SMILES string of the molecule is CCN(Cc1ccc2c(c1)OCO2)C(=O)Cn1c(=O)c2c(ncn2CC)n(Cc2ccccc2)c1=O. The predicted molar refractivity (Wildman–Crippen MR) is 133 cm³/mol. The van der Waals surface area contributed by atoms with Crippen LogP contribution in [0.25, 0.3) is 11.2 Å². The number of amides is 1. The first-order valence-corrected chi connectivity index (χ1v) is 11.9. The van der Waals surface area contributed by atoms with Crippen molar-refractivity contribution >= 4 is 17.1 Å². The van der Waals surface area contributed by atoms with Gasteiger partial charge in [-0.15, -0.1) is 0 Å². The number of carbonyl (C=O) groups excluding carboxylic acids is 1. The summed E-state index contributed by atoms with van der Waals surface area (Å²) in [5.74, 6) is 0.969. The van der Waals surface area contributed by atoms with Crippen LogP contribution in [0.15, 0.2) is 64.4 Å². The van der Waals surface area contributed by atoms with Gasteiger partial charge in [-0.3, -0.25) is 14.2 Å². The van der Waals surface area contributed by atoms with Crippen LogP contribution in [0.5, 0.6) is 11.5 Å². The summed E-state index contributed by atoms with van der Waals surface area (Å²) in [6.07, 6.45) is 1.55. The Morgan fingerprint density at radius 2 is 1.78 bits per heavy atom. The fourth-order valence-electron chi connectivity index (χ4n) is 4.40. The Morgan fingerprint density at radius 3 is 2.53 bits per heavy atom. The predicted octanol–water partition coefficient (Wildman–Crippen LogP) is 2.21. The van der Waals surface area contributed by atoms with Crippen molar-refractivity contribution in [1.82, 2.24) is 23.6 Å². The highest BCUT2D eigenvalue weighted by molar-refractivity contribution is 5.77. The molecule has 0 saturated heterocycles. The Morgan fingerprint density at radius 1 is 1.00 bits per heavy atom. The summed E-state index contributed by atoms with van der Waals surface area (Å²) in [7, 11) is 0. The van der Waals surface area contributed by atoms with E-state index in [-0.39, 0.29) is 25.8 Å². The number of likely N-dealkylation sites (N-methyl/N-ethyl adjacent to an activating group) is 1. The van der Waals surface area contributed by atoms with Crippen LogP contribution < -0.4 is 20.7 Å². The molecule has 0 N–H and O–H groups in total. The first-order valence-electron chi connectivity index (χ1n) is 11.9. The third-order valence-corrected chi connectivity index (χ3v) is 6.35. The molecule has 2 aromatic carbocycles. The van der Waals surface area contributed by atoms with E-state index >= 15 is 0 Å². The van der Waals surface area contributed by atoms with Crippen LogP contribution in [-0.4, -0.2) is 42.8 Å². The average Bonchev–Trinajstić information content (AvgIpc) is 3.55. The number of rotatable bonds is 8. The first kappa shape index (κ1) is 23.4. The Hall–Kier alpha value is -4.34. The lowest BCUT2D eigenvalue weighted by molar-refractivity contribution is -0.132. The summed E-state index contributed by atoms with van der Waals surface area (Å²) < 4.78 is 15.0. The molecular formula is C26H27N5O5. The third-order valence-electron chi connectivity index (χ3n) is 6.35. The molecule has 1 amide bonds. The second-order valence-corrected chi connectivity index (χ2v) is 8.54. The van der Waals surface area contributed by atoms with Gasteiger partial charge in [0.1, 0.15) is 6.54 Å². The van der Waals surface area contributed by atoms with E-state index < -0.39 is 11.2 Å². The van der Waals surface area contributed by atoms with Crippen molar-refractivity contribution in [2.75, 3.05) is 13.3 Å². The maximum Gasteiger partial charge on any atom is 0.333 e. The van der Waals surface area contributed by atoms with Crippen LogP contribution in [0.2, 0.25) is 0 Å². The standard InChI is InChI=1S/C26H27N5O5/c1-3-28(13-19-10-11-20-21(12-19)36-17-35-20)22(32)15-31-25(33)23-24(27-16-29(23)4-2)30(26(31)34)14-18-8-6-5-7-9-18/h5-12,16H,3-4,13-15,17H2,1-2H3. The molecule has 0 atom stereocenters. The Bertz CT molecular complexity index is 1540. The largest absolute Gasteiger partial charge is 0.454 e. The van der Waals surface area contributed by atoms with Gasteiger partial charge in [0.15, 0.2) is 22.7 Å². The molecule has 1 aliphatic heterocycles. The summed E-state index contributed by atoms with van der Waals surface area (Å²) in [4.78, 5) is 46.2. The number of imidazole rings is 1. The van der Waals surface area contributed by atoms with Crippen LogP contribution >= 0.6 is 0 Å². The first-order chi connectivity index (χ1) is 17.5. The normalized spacial score (nSPS) is 12.3. The van der Waals surface area contributed by atoms with Gasteiger partial charge in [0.2, 0.25) is 12.7 Å². The van der Waals surface area contributed by atoms with Gasteiger partial charge in [-0.1, -0.05) is 36.4 Å². The zero-order valence-electron chi connectivity index (χ0n) is 20.2. The fraction of sp³-hybridized carbons (Fsp3) is 0.308. The molecule has 0 spiro atoms. The molecule has 36 heavy (non-hydrogen) atoms. The van der Waals surface area contributed by atoms with E-state index in [1.165, 1.54) is 4.57 Å². The van der Waals surface area contributed by atoms with Gasteiger partial charge in [-0.25, -0.2) is 14.3 Å². The van der Waals surface area contributed by atoms with Crippen LogP contribution in [0.1, 0.15) is 25.0 Å². The monoisotopic (exact) mass is 489 g/mol. The summed E-state index contributed by atoms with van der Waals surface area (Å²) >= 11 is 0. The molecule has 0 unspecified atom stereocenters. The molecule has 4 aromatic rings. The average molecular weight is 490 g/mol. The second-order valence-electron chi connectivity index (χ2n) is 8.54. The molecule has 0 bridgehead atoms. The van der Waals surface area contributed by atoms with E-state index in [1.54, 1.807) is 15.8 Å². The highest BCUT2D eigenvalue weighted by Crippen LogP contribution is 2.32. The molecule has 10 nitrogen and oxygen atoms in total. The van der Waals surface area contributed by atoms with Gasteiger partial charge in [0.05, 0.1) is 12.9 Å². The second kappa shape index (κ2) is 9.73. The van der Waals surface area contributed by atoms with Gasteiger partial charge < -0.3 is 18.9 Å². The van der Waals surface area contributed by atoms with E-state index in [4.69, 9.17) is 9.47 Å². The van der Waals surface area contributed by atoms with E-state index in [2.05, 4.69) is 4.98 Å². The minimum Gasteiger partial charge on any atom is -0.454 e. The summed E-state index contributed by atoms with van der Waals surface area (Å²) in [6.45, 7) is 5.03. The van der Waals surface area contributed by atoms with Gasteiger partial charge >= 0.3 is 5.69 Å². The molecular weight excluding hydrogens is 462 g/mol. The Balaban J connectivity index is 1.49. The van der Waals surface area contributed by atoms with Crippen LogP contribution in [-0.2, 0) is 31.0 Å². The molecule has 186 valence electrons. The maximum absolute atomic E-state index is 13.5. The number of carbonyl (C=O) groups is 1. The number of nitrogens with zero attached hydrogens (tertiary/aromatic N) is 5. The number of hydrogen-bond donors (Lipinski definition) is 0. The van der Waals surface area contributed by atoms with Gasteiger partial charge in [-0.05, 0) is 37.1 Å². The fourth-order valence-corrected chi connectivity index (χ4v) is 4.40. The van der Waals surface area contributed by atoms with Crippen molar-refractivity contribution in [3.05, 3.63) is 86.8 Å². The topological polar surface area (TPSA) is 101 Å². The lowest BCUT2D eigenvalue weighted by atomic mass is 10.2. The molecule has 1 aliphatic rings. The van der Waals surface area contributed by atoms with Crippen molar-refractivity contribution in [2.24, 2.45) is 0 Å². The van der Waals surface area contributed by atoms with E-state index in [9.17, 15) is 14.4 Å². The van der Waals surface area contributed by atoms with Gasteiger partial charge in [-0.2, -0.15) is 0 Å². The number of benzene rings is 2. The smallest absolute Gasteiger partial charge is 0.333 e. The zero-order chi connectivity index (χ0) is 25.2. The molecule has 0 radical (unpaired) electrons. The lowest BCUT2D eigenvalue weighted by Gasteiger charge is -2.22. The molecule has 0 aliphatic carbocycles. The van der Waals surface area contributed by atoms with Crippen molar-refractivity contribution in [1.29, 1.82) is 0 Å². The molecule has 10 heteroatoms.